The SMILES string of the molecule is COc1cccc(N2CCCCC2)c1C(C)O. The van der Waals surface area contributed by atoms with Gasteiger partial charge in [0.15, 0.2) is 0 Å². The van der Waals surface area contributed by atoms with Crippen molar-refractivity contribution in [1.82, 2.24) is 0 Å². The van der Waals surface area contributed by atoms with E-state index >= 15 is 0 Å². The molecule has 2 rings (SSSR count). The minimum Gasteiger partial charge on any atom is -0.496 e. The van der Waals surface area contributed by atoms with Crippen LogP contribution >= 0.6 is 0 Å². The van der Waals surface area contributed by atoms with Gasteiger partial charge >= 0.3 is 0 Å². The number of hydrogen-bond donors (Lipinski definition) is 1. The highest BCUT2D eigenvalue weighted by Gasteiger charge is 2.19. The normalized spacial score (nSPS) is 17.9. The molecule has 0 bridgehead atoms. The summed E-state index contributed by atoms with van der Waals surface area (Å²) in [5.41, 5.74) is 2.04. The van der Waals surface area contributed by atoms with Crippen LogP contribution in [0.15, 0.2) is 18.2 Å². The highest BCUT2D eigenvalue weighted by atomic mass is 16.5. The summed E-state index contributed by atoms with van der Waals surface area (Å²) in [4.78, 5) is 2.36. The Morgan fingerprint density at radius 3 is 2.53 bits per heavy atom. The van der Waals surface area contributed by atoms with Gasteiger partial charge in [-0.25, -0.2) is 0 Å². The maximum Gasteiger partial charge on any atom is 0.126 e. The number of rotatable bonds is 3. The number of nitrogens with zero attached hydrogens (tertiary/aromatic N) is 1. The van der Waals surface area contributed by atoms with Crippen LogP contribution < -0.4 is 9.64 Å². The number of aliphatic hydroxyl groups is 1. The first kappa shape index (κ1) is 12.2. The summed E-state index contributed by atoms with van der Waals surface area (Å²) in [6.45, 7) is 3.95. The van der Waals surface area contributed by atoms with Crippen LogP contribution in [0.2, 0.25) is 0 Å². The number of ether oxygens (including phenoxy) is 1. The van der Waals surface area contributed by atoms with Gasteiger partial charge in [0.2, 0.25) is 0 Å². The van der Waals surface area contributed by atoms with E-state index in [1.54, 1.807) is 14.0 Å². The van der Waals surface area contributed by atoms with Gasteiger partial charge in [-0.05, 0) is 38.3 Å². The molecule has 1 N–H and O–H groups in total. The molecule has 0 aromatic heterocycles. The van der Waals surface area contributed by atoms with Gasteiger partial charge < -0.3 is 14.7 Å². The van der Waals surface area contributed by atoms with Crippen LogP contribution in [0.5, 0.6) is 5.75 Å². The van der Waals surface area contributed by atoms with Gasteiger partial charge in [0.25, 0.3) is 0 Å². The minimum absolute atomic E-state index is 0.497. The highest BCUT2D eigenvalue weighted by Crippen LogP contribution is 2.35. The summed E-state index contributed by atoms with van der Waals surface area (Å²) in [6.07, 6.45) is 3.28. The molecule has 1 aromatic carbocycles. The second-order valence-electron chi connectivity index (χ2n) is 4.62. The zero-order valence-electron chi connectivity index (χ0n) is 10.6. The Morgan fingerprint density at radius 1 is 1.24 bits per heavy atom. The second kappa shape index (κ2) is 5.41. The molecule has 17 heavy (non-hydrogen) atoms. The number of anilines is 1. The third-order valence-electron chi connectivity index (χ3n) is 3.38. The van der Waals surface area contributed by atoms with Gasteiger partial charge in [0.1, 0.15) is 5.75 Å². The van der Waals surface area contributed by atoms with E-state index in [2.05, 4.69) is 11.0 Å². The zero-order valence-corrected chi connectivity index (χ0v) is 10.6. The predicted molar refractivity (Wildman–Crippen MR) is 69.7 cm³/mol. The topological polar surface area (TPSA) is 32.7 Å². The molecule has 1 aliphatic heterocycles. The van der Waals surface area contributed by atoms with Crippen LogP contribution in [-0.4, -0.2) is 25.3 Å². The molecule has 1 saturated heterocycles. The second-order valence-corrected chi connectivity index (χ2v) is 4.62. The van der Waals surface area contributed by atoms with Crippen molar-refractivity contribution < 1.29 is 9.84 Å². The van der Waals surface area contributed by atoms with Crippen molar-refractivity contribution in [3.05, 3.63) is 23.8 Å². The first-order valence-electron chi connectivity index (χ1n) is 6.34. The van der Waals surface area contributed by atoms with E-state index in [0.717, 1.165) is 30.1 Å². The van der Waals surface area contributed by atoms with Crippen molar-refractivity contribution in [2.75, 3.05) is 25.1 Å². The summed E-state index contributed by atoms with van der Waals surface area (Å²) in [6, 6.07) is 5.99. The Morgan fingerprint density at radius 2 is 1.94 bits per heavy atom. The molecule has 0 aliphatic carbocycles. The van der Waals surface area contributed by atoms with Gasteiger partial charge in [0, 0.05) is 24.3 Å². The zero-order chi connectivity index (χ0) is 12.3. The van der Waals surface area contributed by atoms with Crippen molar-refractivity contribution in [2.45, 2.75) is 32.3 Å². The van der Waals surface area contributed by atoms with Gasteiger partial charge in [-0.2, -0.15) is 0 Å². The fourth-order valence-corrected chi connectivity index (χ4v) is 2.54. The van der Waals surface area contributed by atoms with E-state index in [1.165, 1.54) is 19.3 Å². The quantitative estimate of drug-likeness (QED) is 0.874. The summed E-state index contributed by atoms with van der Waals surface area (Å²) < 4.78 is 5.35. The Kier molecular flexibility index (Phi) is 3.89. The van der Waals surface area contributed by atoms with Crippen LogP contribution in [0.25, 0.3) is 0 Å². The third kappa shape index (κ3) is 2.55. The van der Waals surface area contributed by atoms with Gasteiger partial charge in [-0.15, -0.1) is 0 Å². The lowest BCUT2D eigenvalue weighted by Crippen LogP contribution is -2.30. The fourth-order valence-electron chi connectivity index (χ4n) is 2.54. The molecule has 1 aliphatic rings. The molecule has 1 heterocycles. The van der Waals surface area contributed by atoms with E-state index in [0.29, 0.717) is 0 Å². The summed E-state index contributed by atoms with van der Waals surface area (Å²) in [5.74, 6) is 0.781. The fraction of sp³-hybridized carbons (Fsp3) is 0.571. The molecule has 1 unspecified atom stereocenters. The maximum atomic E-state index is 9.94. The van der Waals surface area contributed by atoms with Gasteiger partial charge in [0.05, 0.1) is 13.2 Å². The Bertz CT molecular complexity index is 370. The Labute approximate surface area is 103 Å². The smallest absolute Gasteiger partial charge is 0.126 e. The van der Waals surface area contributed by atoms with Gasteiger partial charge in [-0.3, -0.25) is 0 Å². The van der Waals surface area contributed by atoms with Crippen LogP contribution in [0.4, 0.5) is 5.69 Å². The molecular weight excluding hydrogens is 214 g/mol. The van der Waals surface area contributed by atoms with E-state index in [4.69, 9.17) is 4.74 Å². The Balaban J connectivity index is 2.37. The number of methoxy groups -OCH3 is 1. The van der Waals surface area contributed by atoms with Crippen molar-refractivity contribution in [2.24, 2.45) is 0 Å². The van der Waals surface area contributed by atoms with E-state index < -0.39 is 6.10 Å². The number of piperidine rings is 1. The van der Waals surface area contributed by atoms with Gasteiger partial charge in [-0.1, -0.05) is 6.07 Å². The molecule has 1 fully saturated rings. The number of benzene rings is 1. The monoisotopic (exact) mass is 235 g/mol. The lowest BCUT2D eigenvalue weighted by Gasteiger charge is -2.31. The van der Waals surface area contributed by atoms with Crippen LogP contribution in [0.3, 0.4) is 0 Å². The molecule has 0 spiro atoms. The molecule has 0 radical (unpaired) electrons. The van der Waals surface area contributed by atoms with Crippen molar-refractivity contribution in [3.8, 4) is 5.75 Å². The first-order valence-corrected chi connectivity index (χ1v) is 6.34. The lowest BCUT2D eigenvalue weighted by atomic mass is 10.0. The van der Waals surface area contributed by atoms with Crippen molar-refractivity contribution in [3.63, 3.8) is 0 Å². The van der Waals surface area contributed by atoms with Crippen molar-refractivity contribution >= 4 is 5.69 Å². The van der Waals surface area contributed by atoms with Crippen LogP contribution in [0, 0.1) is 0 Å². The van der Waals surface area contributed by atoms with E-state index in [1.807, 2.05) is 12.1 Å². The average molecular weight is 235 g/mol. The third-order valence-corrected chi connectivity index (χ3v) is 3.38. The largest absolute Gasteiger partial charge is 0.496 e. The average Bonchev–Trinajstić information content (AvgIpc) is 2.38. The molecule has 3 heteroatoms. The predicted octanol–water partition coefficient (Wildman–Crippen LogP) is 2.74. The summed E-state index contributed by atoms with van der Waals surface area (Å²) in [7, 11) is 1.65. The summed E-state index contributed by atoms with van der Waals surface area (Å²) >= 11 is 0. The Hall–Kier alpha value is -1.22. The molecule has 1 aromatic rings. The lowest BCUT2D eigenvalue weighted by molar-refractivity contribution is 0.194. The molecule has 1 atom stereocenters. The van der Waals surface area contributed by atoms with Crippen molar-refractivity contribution in [1.29, 1.82) is 0 Å². The minimum atomic E-state index is -0.497. The van der Waals surface area contributed by atoms with E-state index in [-0.39, 0.29) is 0 Å². The molecule has 0 amide bonds. The maximum absolute atomic E-state index is 9.94. The first-order chi connectivity index (χ1) is 8.24. The standard InChI is InChI=1S/C14H21NO2/c1-11(16)14-12(7-6-8-13(14)17-2)15-9-4-3-5-10-15/h6-8,11,16H,3-5,9-10H2,1-2H3. The van der Waals surface area contributed by atoms with E-state index in [9.17, 15) is 5.11 Å². The molecule has 3 nitrogen and oxygen atoms in total. The highest BCUT2D eigenvalue weighted by molar-refractivity contribution is 5.60. The number of aliphatic hydroxyl groups excluding tert-OH is 1. The molecular formula is C14H21NO2. The van der Waals surface area contributed by atoms with Crippen LogP contribution in [0.1, 0.15) is 37.9 Å². The van der Waals surface area contributed by atoms with Crippen LogP contribution in [-0.2, 0) is 0 Å². The molecule has 94 valence electrons. The molecule has 0 saturated carbocycles. The number of hydrogen-bond acceptors (Lipinski definition) is 3. The summed E-state index contributed by atoms with van der Waals surface area (Å²) in [5, 5.41) is 9.94.